The second-order valence-corrected chi connectivity index (χ2v) is 10.0. The van der Waals surface area contributed by atoms with Crippen LogP contribution in [0.15, 0.2) is 78.9 Å². The normalized spacial score (nSPS) is 18.1. The van der Waals surface area contributed by atoms with Crippen LogP contribution >= 0.6 is 24.0 Å². The van der Waals surface area contributed by atoms with Gasteiger partial charge in [0.05, 0.1) is 5.56 Å². The zero-order valence-corrected chi connectivity index (χ0v) is 22.6. The number of hydrogen-bond acceptors (Lipinski definition) is 4. The smallest absolute Gasteiger partial charge is 0.338 e. The van der Waals surface area contributed by atoms with Crippen molar-refractivity contribution >= 4 is 46.6 Å². The summed E-state index contributed by atoms with van der Waals surface area (Å²) in [5, 5.41) is 15.3. The molecule has 4 aromatic rings. The van der Waals surface area contributed by atoms with E-state index in [1.54, 1.807) is 0 Å². The first-order valence-corrected chi connectivity index (χ1v) is 12.9. The molecule has 2 heterocycles. The van der Waals surface area contributed by atoms with Crippen molar-refractivity contribution in [2.24, 2.45) is 5.92 Å². The Morgan fingerprint density at radius 2 is 1.84 bits per heavy atom. The van der Waals surface area contributed by atoms with Crippen LogP contribution in [0.2, 0.25) is 5.15 Å². The number of aromatic nitrogens is 1. The second kappa shape index (κ2) is 12.1. The average molecular weight is 554 g/mol. The van der Waals surface area contributed by atoms with Crippen LogP contribution in [0.25, 0.3) is 10.8 Å². The molecule has 2 unspecified atom stereocenters. The van der Waals surface area contributed by atoms with E-state index in [2.05, 4.69) is 71.8 Å². The van der Waals surface area contributed by atoms with Crippen molar-refractivity contribution in [1.82, 2.24) is 10.3 Å². The molecule has 3 atom stereocenters. The molecule has 2 N–H and O–H groups in total. The summed E-state index contributed by atoms with van der Waals surface area (Å²) < 4.78 is 14.9. The molecule has 8 heteroatoms. The molecule has 0 saturated carbocycles. The molecule has 38 heavy (non-hydrogen) atoms. The number of benzene rings is 3. The van der Waals surface area contributed by atoms with Gasteiger partial charge in [0.2, 0.25) is 0 Å². The molecule has 1 aliphatic rings. The minimum Gasteiger partial charge on any atom is -0.478 e. The second-order valence-electron chi connectivity index (χ2n) is 9.65. The molecule has 0 radical (unpaired) electrons. The number of halogens is 3. The van der Waals surface area contributed by atoms with Crippen molar-refractivity contribution in [2.75, 3.05) is 24.5 Å². The first-order chi connectivity index (χ1) is 17.9. The highest BCUT2D eigenvalue weighted by Gasteiger charge is 2.33. The van der Waals surface area contributed by atoms with Crippen LogP contribution < -0.4 is 10.2 Å². The van der Waals surface area contributed by atoms with E-state index >= 15 is 0 Å². The number of hydrogen-bond donors (Lipinski definition) is 2. The lowest BCUT2D eigenvalue weighted by Crippen LogP contribution is -2.43. The van der Waals surface area contributed by atoms with Crippen molar-refractivity contribution in [2.45, 2.75) is 25.3 Å². The van der Waals surface area contributed by atoms with Crippen molar-refractivity contribution < 1.29 is 14.3 Å². The number of pyridine rings is 1. The van der Waals surface area contributed by atoms with Crippen LogP contribution in [0.1, 0.15) is 46.8 Å². The molecule has 1 aliphatic heterocycles. The van der Waals surface area contributed by atoms with E-state index in [0.717, 1.165) is 19.0 Å². The van der Waals surface area contributed by atoms with Gasteiger partial charge in [-0.25, -0.2) is 14.2 Å². The quantitative estimate of drug-likeness (QED) is 0.239. The Morgan fingerprint density at radius 1 is 1.13 bits per heavy atom. The van der Waals surface area contributed by atoms with Crippen molar-refractivity contribution in [3.05, 3.63) is 107 Å². The van der Waals surface area contributed by atoms with E-state index < -0.39 is 11.8 Å². The number of rotatable bonds is 7. The molecule has 5 nitrogen and oxygen atoms in total. The van der Waals surface area contributed by atoms with Gasteiger partial charge in [-0.15, -0.1) is 12.4 Å². The van der Waals surface area contributed by atoms with Gasteiger partial charge in [0.1, 0.15) is 5.15 Å². The van der Waals surface area contributed by atoms with Crippen LogP contribution in [-0.2, 0) is 0 Å². The molecule has 0 bridgehead atoms. The van der Waals surface area contributed by atoms with Crippen LogP contribution in [0.4, 0.5) is 10.2 Å². The third-order valence-corrected chi connectivity index (χ3v) is 7.69. The van der Waals surface area contributed by atoms with Crippen molar-refractivity contribution in [1.29, 1.82) is 0 Å². The molecule has 0 spiro atoms. The fourth-order valence-corrected chi connectivity index (χ4v) is 5.63. The number of fused-ring (bicyclic) bond motifs is 1. The standard InChI is InChI=1S/C30H29ClFN3O2.ClH/c1-19(23-13-7-11-20-10-5-6-12-24(20)23)33-17-22-14-15-35(18-26(22)21-8-3-2-4-9-21)29-27(32)16-25(30(36)37)28(31)34-29;/h2-13,16,19,22,26,33H,14-15,17-18H2,1H3,(H,36,37);1H/t19-,22?,26?;/m1./s1. The highest BCUT2D eigenvalue weighted by Crippen LogP contribution is 2.36. The average Bonchev–Trinajstić information content (AvgIpc) is 2.92. The molecule has 1 fully saturated rings. The lowest BCUT2D eigenvalue weighted by Gasteiger charge is -2.40. The van der Waals surface area contributed by atoms with Crippen molar-refractivity contribution in [3.8, 4) is 0 Å². The van der Waals surface area contributed by atoms with E-state index in [1.165, 1.54) is 21.9 Å². The SMILES string of the molecule is C[C@@H](NCC1CCN(c2nc(Cl)c(C(=O)O)cc2F)CC1c1ccccc1)c1cccc2ccccc12.Cl. The Bertz CT molecular complexity index is 1410. The number of carboxylic acids is 1. The number of aromatic carboxylic acids is 1. The monoisotopic (exact) mass is 553 g/mol. The van der Waals surface area contributed by atoms with E-state index in [4.69, 9.17) is 11.6 Å². The van der Waals surface area contributed by atoms with E-state index in [9.17, 15) is 14.3 Å². The lowest BCUT2D eigenvalue weighted by atomic mass is 9.80. The van der Waals surface area contributed by atoms with Gasteiger partial charge < -0.3 is 15.3 Å². The Labute approximate surface area is 233 Å². The summed E-state index contributed by atoms with van der Waals surface area (Å²) in [7, 11) is 0. The third-order valence-electron chi connectivity index (χ3n) is 7.40. The number of carbonyl (C=O) groups is 1. The molecule has 0 amide bonds. The fourth-order valence-electron chi connectivity index (χ4n) is 5.41. The number of nitrogens with zero attached hydrogens (tertiary/aromatic N) is 2. The number of anilines is 1. The van der Waals surface area contributed by atoms with Crippen molar-refractivity contribution in [3.63, 3.8) is 0 Å². The molecule has 1 aromatic heterocycles. The molecule has 3 aromatic carbocycles. The molecule has 5 rings (SSSR count). The summed E-state index contributed by atoms with van der Waals surface area (Å²) in [6, 6.07) is 26.2. The number of nitrogens with one attached hydrogen (secondary N) is 1. The predicted octanol–water partition coefficient (Wildman–Crippen LogP) is 7.11. The summed E-state index contributed by atoms with van der Waals surface area (Å²) in [5.74, 6) is -1.40. The summed E-state index contributed by atoms with van der Waals surface area (Å²) in [5.41, 5.74) is 2.13. The largest absolute Gasteiger partial charge is 0.478 e. The molecule has 1 saturated heterocycles. The van der Waals surface area contributed by atoms with Crippen LogP contribution in [0.5, 0.6) is 0 Å². The summed E-state index contributed by atoms with van der Waals surface area (Å²) in [6.07, 6.45) is 0.828. The zero-order chi connectivity index (χ0) is 25.9. The maximum atomic E-state index is 14.9. The van der Waals surface area contributed by atoms with Gasteiger partial charge >= 0.3 is 5.97 Å². The number of carboxylic acid groups (broad SMARTS) is 1. The lowest BCUT2D eigenvalue weighted by molar-refractivity contribution is 0.0696. The molecular formula is C30H30Cl2FN3O2. The highest BCUT2D eigenvalue weighted by atomic mass is 35.5. The molecule has 0 aliphatic carbocycles. The van der Waals surface area contributed by atoms with Gasteiger partial charge in [-0.05, 0) is 53.8 Å². The maximum absolute atomic E-state index is 14.9. The summed E-state index contributed by atoms with van der Waals surface area (Å²) in [6.45, 7) is 4.17. The van der Waals surface area contributed by atoms with Crippen LogP contribution in [0.3, 0.4) is 0 Å². The summed E-state index contributed by atoms with van der Waals surface area (Å²) >= 11 is 6.09. The summed E-state index contributed by atoms with van der Waals surface area (Å²) in [4.78, 5) is 17.3. The van der Waals surface area contributed by atoms with Gasteiger partial charge in [-0.2, -0.15) is 0 Å². The van der Waals surface area contributed by atoms with Gasteiger partial charge in [0.25, 0.3) is 0 Å². The molecular weight excluding hydrogens is 524 g/mol. The molecule has 198 valence electrons. The van der Waals surface area contributed by atoms with E-state index in [0.29, 0.717) is 19.0 Å². The minimum absolute atomic E-state index is 0. The Balaban J connectivity index is 0.00000336. The maximum Gasteiger partial charge on any atom is 0.338 e. The predicted molar refractivity (Wildman–Crippen MR) is 153 cm³/mol. The Kier molecular flexibility index (Phi) is 8.87. The van der Waals surface area contributed by atoms with E-state index in [1.807, 2.05) is 23.1 Å². The van der Waals surface area contributed by atoms with E-state index in [-0.39, 0.29) is 40.9 Å². The van der Waals surface area contributed by atoms with Crippen LogP contribution in [0, 0.1) is 11.7 Å². The Hall–Kier alpha value is -3.19. The van der Waals surface area contributed by atoms with Gasteiger partial charge in [-0.3, -0.25) is 0 Å². The topological polar surface area (TPSA) is 65.5 Å². The zero-order valence-electron chi connectivity index (χ0n) is 21.0. The number of piperidine rings is 1. The van der Waals surface area contributed by atoms with Gasteiger partial charge in [0.15, 0.2) is 11.6 Å². The van der Waals surface area contributed by atoms with Gasteiger partial charge in [0, 0.05) is 25.0 Å². The minimum atomic E-state index is -1.30. The Morgan fingerprint density at radius 3 is 2.61 bits per heavy atom. The first kappa shape index (κ1) is 27.8. The van der Waals surface area contributed by atoms with Gasteiger partial charge in [-0.1, -0.05) is 84.4 Å². The van der Waals surface area contributed by atoms with Crippen LogP contribution in [-0.4, -0.2) is 35.7 Å². The first-order valence-electron chi connectivity index (χ1n) is 12.5. The third kappa shape index (κ3) is 5.78. The fraction of sp³-hybridized carbons (Fsp3) is 0.267. The highest BCUT2D eigenvalue weighted by molar-refractivity contribution is 6.32.